The Balaban J connectivity index is 2.30. The molecule has 1 atom stereocenters. The fourth-order valence-electron chi connectivity index (χ4n) is 2.38. The first-order chi connectivity index (χ1) is 9.43. The fraction of sp³-hybridized carbons (Fsp3) is 0.857. The van der Waals surface area contributed by atoms with Gasteiger partial charge in [0.25, 0.3) is 0 Å². The molecule has 1 fully saturated rings. The minimum atomic E-state index is -0.852. The summed E-state index contributed by atoms with van der Waals surface area (Å²) in [5, 5.41) is 11.7. The number of carbonyl (C=O) groups excluding carboxylic acids is 1. The van der Waals surface area contributed by atoms with Crippen molar-refractivity contribution in [3.63, 3.8) is 0 Å². The van der Waals surface area contributed by atoms with Crippen LogP contribution in [0.15, 0.2) is 0 Å². The zero-order valence-electron chi connectivity index (χ0n) is 12.8. The number of aliphatic carboxylic acids is 1. The SMILES string of the molecule is CCC(CNC(=O)N1CCN(CC(C)C)CC1)C(=O)O. The second-order valence-electron chi connectivity index (χ2n) is 5.81. The highest BCUT2D eigenvalue weighted by Gasteiger charge is 2.22. The van der Waals surface area contributed by atoms with E-state index in [9.17, 15) is 9.59 Å². The molecule has 116 valence electrons. The number of nitrogens with one attached hydrogen (secondary N) is 1. The summed E-state index contributed by atoms with van der Waals surface area (Å²) in [6.07, 6.45) is 0.526. The van der Waals surface area contributed by atoms with Crippen LogP contribution in [-0.2, 0) is 4.79 Å². The van der Waals surface area contributed by atoms with Gasteiger partial charge >= 0.3 is 12.0 Å². The first kappa shape index (κ1) is 16.8. The highest BCUT2D eigenvalue weighted by Crippen LogP contribution is 2.06. The highest BCUT2D eigenvalue weighted by atomic mass is 16.4. The molecule has 0 spiro atoms. The molecule has 1 saturated heterocycles. The van der Waals surface area contributed by atoms with Crippen molar-refractivity contribution >= 4 is 12.0 Å². The molecule has 1 heterocycles. The largest absolute Gasteiger partial charge is 0.481 e. The predicted molar refractivity (Wildman–Crippen MR) is 77.7 cm³/mol. The first-order valence-electron chi connectivity index (χ1n) is 7.42. The number of carboxylic acid groups (broad SMARTS) is 1. The van der Waals surface area contributed by atoms with Gasteiger partial charge in [-0.2, -0.15) is 0 Å². The Morgan fingerprint density at radius 1 is 1.20 bits per heavy atom. The molecule has 1 aliphatic rings. The summed E-state index contributed by atoms with van der Waals surface area (Å²) in [4.78, 5) is 27.0. The van der Waals surface area contributed by atoms with Crippen molar-refractivity contribution in [2.45, 2.75) is 27.2 Å². The molecule has 1 rings (SSSR count). The Labute approximate surface area is 121 Å². The number of carboxylic acids is 1. The zero-order chi connectivity index (χ0) is 15.1. The normalized spacial score (nSPS) is 18.1. The summed E-state index contributed by atoms with van der Waals surface area (Å²) in [7, 11) is 0. The summed E-state index contributed by atoms with van der Waals surface area (Å²) < 4.78 is 0. The van der Waals surface area contributed by atoms with E-state index in [2.05, 4.69) is 24.1 Å². The van der Waals surface area contributed by atoms with Crippen molar-refractivity contribution in [3.8, 4) is 0 Å². The van der Waals surface area contributed by atoms with Gasteiger partial charge in [0, 0.05) is 39.3 Å². The van der Waals surface area contributed by atoms with E-state index < -0.39 is 11.9 Å². The van der Waals surface area contributed by atoms with Gasteiger partial charge in [-0.25, -0.2) is 4.79 Å². The lowest BCUT2D eigenvalue weighted by Crippen LogP contribution is -2.53. The molecule has 0 aromatic carbocycles. The third-order valence-corrected chi connectivity index (χ3v) is 3.62. The quantitative estimate of drug-likeness (QED) is 0.766. The summed E-state index contributed by atoms with van der Waals surface area (Å²) >= 11 is 0. The lowest BCUT2D eigenvalue weighted by Gasteiger charge is -2.35. The van der Waals surface area contributed by atoms with Crippen LogP contribution in [0.4, 0.5) is 4.79 Å². The molecule has 0 aromatic heterocycles. The number of piperazine rings is 1. The van der Waals surface area contributed by atoms with Crippen molar-refractivity contribution in [2.75, 3.05) is 39.3 Å². The van der Waals surface area contributed by atoms with Crippen LogP contribution < -0.4 is 5.32 Å². The van der Waals surface area contributed by atoms with Crippen LogP contribution in [0.5, 0.6) is 0 Å². The van der Waals surface area contributed by atoms with Crippen molar-refractivity contribution in [1.29, 1.82) is 0 Å². The Hall–Kier alpha value is -1.30. The number of rotatable bonds is 6. The second kappa shape index (κ2) is 8.09. The standard InChI is InChI=1S/C14H27N3O3/c1-4-12(13(18)19)9-15-14(20)17-7-5-16(6-8-17)10-11(2)3/h11-12H,4-10H2,1-3H3,(H,15,20)(H,18,19). The van der Waals surface area contributed by atoms with Crippen LogP contribution in [0.2, 0.25) is 0 Å². The number of carbonyl (C=O) groups is 2. The Kier molecular flexibility index (Phi) is 6.78. The van der Waals surface area contributed by atoms with E-state index in [1.165, 1.54) is 0 Å². The monoisotopic (exact) mass is 285 g/mol. The van der Waals surface area contributed by atoms with E-state index >= 15 is 0 Å². The van der Waals surface area contributed by atoms with Crippen LogP contribution in [0, 0.1) is 11.8 Å². The number of nitrogens with zero attached hydrogens (tertiary/aromatic N) is 2. The van der Waals surface area contributed by atoms with Gasteiger partial charge < -0.3 is 15.3 Å². The minimum Gasteiger partial charge on any atom is -0.481 e. The molecule has 0 saturated carbocycles. The molecule has 0 aromatic rings. The van der Waals surface area contributed by atoms with Gasteiger partial charge in [0.05, 0.1) is 5.92 Å². The Morgan fingerprint density at radius 2 is 1.80 bits per heavy atom. The van der Waals surface area contributed by atoms with E-state index in [1.54, 1.807) is 4.90 Å². The van der Waals surface area contributed by atoms with Crippen LogP contribution in [0.3, 0.4) is 0 Å². The summed E-state index contributed by atoms with van der Waals surface area (Å²) in [6.45, 7) is 10.7. The molecular formula is C14H27N3O3. The molecule has 1 unspecified atom stereocenters. The number of hydrogen-bond acceptors (Lipinski definition) is 3. The van der Waals surface area contributed by atoms with Crippen LogP contribution >= 0.6 is 0 Å². The molecule has 0 aliphatic carbocycles. The predicted octanol–water partition coefficient (Wildman–Crippen LogP) is 1.08. The Bertz CT molecular complexity index is 326. The summed E-state index contributed by atoms with van der Waals surface area (Å²) in [6, 6.07) is -0.145. The van der Waals surface area contributed by atoms with Crippen molar-refractivity contribution in [2.24, 2.45) is 11.8 Å². The van der Waals surface area contributed by atoms with Crippen molar-refractivity contribution < 1.29 is 14.7 Å². The molecule has 6 heteroatoms. The number of urea groups is 1. The van der Waals surface area contributed by atoms with E-state index in [4.69, 9.17) is 5.11 Å². The summed E-state index contributed by atoms with van der Waals surface area (Å²) in [5.41, 5.74) is 0. The lowest BCUT2D eigenvalue weighted by atomic mass is 10.1. The zero-order valence-corrected chi connectivity index (χ0v) is 12.8. The highest BCUT2D eigenvalue weighted by molar-refractivity contribution is 5.76. The molecule has 2 N–H and O–H groups in total. The van der Waals surface area contributed by atoms with Gasteiger partial charge in [-0.05, 0) is 12.3 Å². The van der Waals surface area contributed by atoms with E-state index in [-0.39, 0.29) is 12.6 Å². The van der Waals surface area contributed by atoms with E-state index in [0.29, 0.717) is 25.4 Å². The van der Waals surface area contributed by atoms with Crippen LogP contribution in [-0.4, -0.2) is 66.2 Å². The maximum Gasteiger partial charge on any atom is 0.317 e. The van der Waals surface area contributed by atoms with Crippen molar-refractivity contribution in [3.05, 3.63) is 0 Å². The minimum absolute atomic E-state index is 0.145. The molecular weight excluding hydrogens is 258 g/mol. The van der Waals surface area contributed by atoms with Crippen LogP contribution in [0.25, 0.3) is 0 Å². The molecule has 0 radical (unpaired) electrons. The van der Waals surface area contributed by atoms with E-state index in [1.807, 2.05) is 6.92 Å². The van der Waals surface area contributed by atoms with E-state index in [0.717, 1.165) is 19.6 Å². The number of hydrogen-bond donors (Lipinski definition) is 2. The van der Waals surface area contributed by atoms with Gasteiger partial charge in [0.2, 0.25) is 0 Å². The third kappa shape index (κ3) is 5.36. The Morgan fingerprint density at radius 3 is 2.25 bits per heavy atom. The van der Waals surface area contributed by atoms with Gasteiger partial charge in [0.15, 0.2) is 0 Å². The molecule has 6 nitrogen and oxygen atoms in total. The van der Waals surface area contributed by atoms with Gasteiger partial charge in [0.1, 0.15) is 0 Å². The smallest absolute Gasteiger partial charge is 0.317 e. The molecule has 0 bridgehead atoms. The second-order valence-corrected chi connectivity index (χ2v) is 5.81. The lowest BCUT2D eigenvalue weighted by molar-refractivity contribution is -0.141. The molecule has 2 amide bonds. The number of amides is 2. The maximum absolute atomic E-state index is 12.0. The van der Waals surface area contributed by atoms with Crippen LogP contribution in [0.1, 0.15) is 27.2 Å². The van der Waals surface area contributed by atoms with Gasteiger partial charge in [-0.3, -0.25) is 9.69 Å². The summed E-state index contributed by atoms with van der Waals surface area (Å²) in [5.74, 6) is -0.716. The van der Waals surface area contributed by atoms with Gasteiger partial charge in [-0.1, -0.05) is 20.8 Å². The molecule has 1 aliphatic heterocycles. The average Bonchev–Trinajstić information content (AvgIpc) is 2.39. The van der Waals surface area contributed by atoms with Gasteiger partial charge in [-0.15, -0.1) is 0 Å². The van der Waals surface area contributed by atoms with Crippen molar-refractivity contribution in [1.82, 2.24) is 15.1 Å². The maximum atomic E-state index is 12.0. The third-order valence-electron chi connectivity index (χ3n) is 3.62. The fourth-order valence-corrected chi connectivity index (χ4v) is 2.38. The topological polar surface area (TPSA) is 72.9 Å². The molecule has 20 heavy (non-hydrogen) atoms. The average molecular weight is 285 g/mol. The first-order valence-corrected chi connectivity index (χ1v) is 7.42.